The van der Waals surface area contributed by atoms with Crippen LogP contribution in [0.25, 0.3) is 5.82 Å². The zero-order valence-electron chi connectivity index (χ0n) is 17.2. The molecule has 1 N–H and O–H groups in total. The number of benzene rings is 1. The van der Waals surface area contributed by atoms with Gasteiger partial charge in [0, 0.05) is 31.4 Å². The highest BCUT2D eigenvalue weighted by Crippen LogP contribution is 2.23. The van der Waals surface area contributed by atoms with Crippen LogP contribution in [-0.4, -0.2) is 33.1 Å². The maximum absolute atomic E-state index is 12.9. The van der Waals surface area contributed by atoms with Crippen molar-refractivity contribution in [1.29, 1.82) is 0 Å². The van der Waals surface area contributed by atoms with Gasteiger partial charge < -0.3 is 10.2 Å². The first-order valence-electron chi connectivity index (χ1n) is 10.2. The van der Waals surface area contributed by atoms with Gasteiger partial charge in [0.15, 0.2) is 5.82 Å². The van der Waals surface area contributed by atoms with Crippen LogP contribution in [0.4, 0.5) is 5.69 Å². The molecule has 2 amide bonds. The van der Waals surface area contributed by atoms with Crippen molar-refractivity contribution in [2.45, 2.75) is 39.2 Å². The number of nitrogens with one attached hydrogen (secondary N) is 1. The summed E-state index contributed by atoms with van der Waals surface area (Å²) < 4.78 is 1.72. The Morgan fingerprint density at radius 1 is 1.17 bits per heavy atom. The van der Waals surface area contributed by atoms with Crippen molar-refractivity contribution in [2.24, 2.45) is 0 Å². The number of nitrogens with zero attached hydrogens (tertiary/aromatic N) is 4. The van der Waals surface area contributed by atoms with E-state index in [1.807, 2.05) is 61.2 Å². The van der Waals surface area contributed by atoms with E-state index in [9.17, 15) is 9.59 Å². The van der Waals surface area contributed by atoms with Gasteiger partial charge in [-0.05, 0) is 42.2 Å². The Bertz CT molecular complexity index is 1040. The van der Waals surface area contributed by atoms with Crippen LogP contribution in [0.1, 0.15) is 54.2 Å². The average Bonchev–Trinajstić information content (AvgIpc) is 3.40. The predicted molar refractivity (Wildman–Crippen MR) is 115 cm³/mol. The van der Waals surface area contributed by atoms with E-state index in [0.717, 1.165) is 29.9 Å². The Balaban J connectivity index is 1.47. The maximum atomic E-state index is 12.9. The number of anilines is 1. The van der Waals surface area contributed by atoms with Crippen LogP contribution in [0, 0.1) is 0 Å². The largest absolute Gasteiger partial charge is 0.348 e. The quantitative estimate of drug-likeness (QED) is 0.684. The van der Waals surface area contributed by atoms with Crippen LogP contribution in [0.3, 0.4) is 0 Å². The molecular formula is C23H25N5O2. The summed E-state index contributed by atoms with van der Waals surface area (Å²) in [7, 11) is 0. The molecule has 3 heterocycles. The predicted octanol–water partition coefficient (Wildman–Crippen LogP) is 3.45. The first-order valence-corrected chi connectivity index (χ1v) is 10.2. The summed E-state index contributed by atoms with van der Waals surface area (Å²) in [5.41, 5.74) is 3.26. The summed E-state index contributed by atoms with van der Waals surface area (Å²) in [6, 6.07) is 13.4. The van der Waals surface area contributed by atoms with E-state index in [-0.39, 0.29) is 17.7 Å². The van der Waals surface area contributed by atoms with E-state index in [2.05, 4.69) is 15.4 Å². The SMILES string of the molecule is CC(C)c1c(C(=O)NCc2ccc(N3CCCC3=O)cc2)cnn1-c1ccccn1. The molecule has 4 rings (SSSR count). The minimum atomic E-state index is -0.167. The van der Waals surface area contributed by atoms with Gasteiger partial charge in [-0.3, -0.25) is 9.59 Å². The highest BCUT2D eigenvalue weighted by atomic mass is 16.2. The van der Waals surface area contributed by atoms with Gasteiger partial charge in [0.2, 0.25) is 5.91 Å². The summed E-state index contributed by atoms with van der Waals surface area (Å²) in [4.78, 5) is 30.9. The summed E-state index contributed by atoms with van der Waals surface area (Å²) in [5.74, 6) is 0.793. The van der Waals surface area contributed by atoms with Crippen LogP contribution in [0.2, 0.25) is 0 Å². The highest BCUT2D eigenvalue weighted by molar-refractivity contribution is 5.96. The molecular weight excluding hydrogens is 378 g/mol. The molecule has 1 fully saturated rings. The normalized spacial score (nSPS) is 13.8. The van der Waals surface area contributed by atoms with Crippen molar-refractivity contribution < 1.29 is 9.59 Å². The van der Waals surface area contributed by atoms with Gasteiger partial charge in [-0.25, -0.2) is 9.67 Å². The van der Waals surface area contributed by atoms with Gasteiger partial charge in [-0.1, -0.05) is 32.0 Å². The van der Waals surface area contributed by atoms with Crippen molar-refractivity contribution >= 4 is 17.5 Å². The van der Waals surface area contributed by atoms with Crippen molar-refractivity contribution in [2.75, 3.05) is 11.4 Å². The van der Waals surface area contributed by atoms with Gasteiger partial charge >= 0.3 is 0 Å². The summed E-state index contributed by atoms with van der Waals surface area (Å²) in [5, 5.41) is 7.38. The lowest BCUT2D eigenvalue weighted by Crippen LogP contribution is -2.25. The monoisotopic (exact) mass is 403 g/mol. The van der Waals surface area contributed by atoms with E-state index in [1.54, 1.807) is 17.1 Å². The third-order valence-electron chi connectivity index (χ3n) is 5.24. The lowest BCUT2D eigenvalue weighted by Gasteiger charge is -2.16. The van der Waals surface area contributed by atoms with Gasteiger partial charge in [0.25, 0.3) is 5.91 Å². The molecule has 1 saturated heterocycles. The summed E-state index contributed by atoms with van der Waals surface area (Å²) in [6.45, 7) is 5.24. The first-order chi connectivity index (χ1) is 14.5. The van der Waals surface area contributed by atoms with Crippen LogP contribution in [0.5, 0.6) is 0 Å². The molecule has 30 heavy (non-hydrogen) atoms. The number of hydrogen-bond donors (Lipinski definition) is 1. The topological polar surface area (TPSA) is 80.1 Å². The van der Waals surface area contributed by atoms with E-state index in [1.165, 1.54) is 0 Å². The molecule has 7 heteroatoms. The molecule has 1 aromatic carbocycles. The van der Waals surface area contributed by atoms with Crippen molar-refractivity contribution in [3.05, 3.63) is 71.7 Å². The number of pyridine rings is 1. The molecule has 1 aliphatic rings. The molecule has 0 spiro atoms. The van der Waals surface area contributed by atoms with Crippen molar-refractivity contribution in [1.82, 2.24) is 20.1 Å². The first kappa shape index (κ1) is 19.8. The fraction of sp³-hybridized carbons (Fsp3) is 0.304. The molecule has 2 aromatic heterocycles. The average molecular weight is 403 g/mol. The number of rotatable bonds is 6. The lowest BCUT2D eigenvalue weighted by molar-refractivity contribution is -0.117. The molecule has 0 atom stereocenters. The van der Waals surface area contributed by atoms with Gasteiger partial charge in [-0.15, -0.1) is 0 Å². The van der Waals surface area contributed by atoms with E-state index < -0.39 is 0 Å². The molecule has 1 aliphatic heterocycles. The van der Waals surface area contributed by atoms with Gasteiger partial charge in [0.05, 0.1) is 17.5 Å². The Morgan fingerprint density at radius 2 is 1.97 bits per heavy atom. The molecule has 0 aliphatic carbocycles. The number of carbonyl (C=O) groups excluding carboxylic acids is 2. The smallest absolute Gasteiger partial charge is 0.255 e. The van der Waals surface area contributed by atoms with Gasteiger partial charge in [-0.2, -0.15) is 5.10 Å². The van der Waals surface area contributed by atoms with Gasteiger partial charge in [0.1, 0.15) is 0 Å². The third-order valence-corrected chi connectivity index (χ3v) is 5.24. The number of carbonyl (C=O) groups is 2. The molecule has 0 bridgehead atoms. The Hall–Kier alpha value is -3.48. The van der Waals surface area contributed by atoms with E-state index in [4.69, 9.17) is 0 Å². The Kier molecular flexibility index (Phi) is 5.61. The maximum Gasteiger partial charge on any atom is 0.255 e. The zero-order chi connectivity index (χ0) is 21.1. The summed E-state index contributed by atoms with van der Waals surface area (Å²) >= 11 is 0. The minimum absolute atomic E-state index is 0.104. The number of amides is 2. The number of hydrogen-bond acceptors (Lipinski definition) is 4. The second-order valence-electron chi connectivity index (χ2n) is 7.70. The highest BCUT2D eigenvalue weighted by Gasteiger charge is 2.22. The van der Waals surface area contributed by atoms with Crippen LogP contribution < -0.4 is 10.2 Å². The van der Waals surface area contributed by atoms with Crippen molar-refractivity contribution in [3.8, 4) is 5.82 Å². The molecule has 0 saturated carbocycles. The zero-order valence-corrected chi connectivity index (χ0v) is 17.2. The number of aromatic nitrogens is 3. The van der Waals surface area contributed by atoms with Crippen LogP contribution in [-0.2, 0) is 11.3 Å². The van der Waals surface area contributed by atoms with Crippen LogP contribution in [0.15, 0.2) is 54.9 Å². The molecule has 3 aromatic rings. The summed E-state index contributed by atoms with van der Waals surface area (Å²) in [6.07, 6.45) is 4.82. The fourth-order valence-corrected chi connectivity index (χ4v) is 3.74. The minimum Gasteiger partial charge on any atom is -0.348 e. The molecule has 154 valence electrons. The fourth-order valence-electron chi connectivity index (χ4n) is 3.74. The Labute approximate surface area is 175 Å². The second kappa shape index (κ2) is 8.49. The van der Waals surface area contributed by atoms with E-state index >= 15 is 0 Å². The lowest BCUT2D eigenvalue weighted by atomic mass is 10.1. The van der Waals surface area contributed by atoms with E-state index in [0.29, 0.717) is 24.3 Å². The molecule has 0 radical (unpaired) electrons. The Morgan fingerprint density at radius 3 is 2.60 bits per heavy atom. The standard InChI is InChI=1S/C23H25N5O2/c1-16(2)22-19(15-26-28(22)20-6-3-4-12-24-20)23(30)25-14-17-8-10-18(11-9-17)27-13-5-7-21(27)29/h3-4,6,8-12,15-16H,5,7,13-14H2,1-2H3,(H,25,30). The second-order valence-corrected chi connectivity index (χ2v) is 7.70. The third kappa shape index (κ3) is 3.96. The molecule has 7 nitrogen and oxygen atoms in total. The molecule has 0 unspecified atom stereocenters. The van der Waals surface area contributed by atoms with Crippen molar-refractivity contribution in [3.63, 3.8) is 0 Å². The van der Waals surface area contributed by atoms with Crippen LogP contribution >= 0.6 is 0 Å².